The zero-order chi connectivity index (χ0) is 24.4. The Balaban J connectivity index is 1.37. The number of aromatic nitrogens is 1. The lowest BCUT2D eigenvalue weighted by atomic mass is 9.89. The molecule has 0 amide bonds. The van der Waals surface area contributed by atoms with E-state index in [0.717, 1.165) is 26.8 Å². The molecule has 8 heteroatoms. The maximum atomic E-state index is 13.3. The zero-order valence-corrected chi connectivity index (χ0v) is 20.4. The number of benzene rings is 2. The van der Waals surface area contributed by atoms with Crippen molar-refractivity contribution in [3.05, 3.63) is 105 Å². The summed E-state index contributed by atoms with van der Waals surface area (Å²) in [4.78, 5) is 15.3. The summed E-state index contributed by atoms with van der Waals surface area (Å²) in [5.74, 6) is -0.564. The van der Waals surface area contributed by atoms with Crippen molar-refractivity contribution in [2.24, 2.45) is 0 Å². The van der Waals surface area contributed by atoms with Crippen LogP contribution in [-0.4, -0.2) is 36.8 Å². The number of ether oxygens (including phenoxy) is 1. The highest BCUT2D eigenvalue weighted by Crippen LogP contribution is 2.30. The van der Waals surface area contributed by atoms with Crippen LogP contribution < -0.4 is 9.88 Å². The number of rotatable bonds is 9. The van der Waals surface area contributed by atoms with Crippen molar-refractivity contribution < 1.29 is 23.1 Å². The van der Waals surface area contributed by atoms with Crippen LogP contribution in [-0.2, 0) is 19.4 Å². The number of aliphatic carboxylic acids is 1. The minimum Gasteiger partial charge on any atom is -0.482 e. The van der Waals surface area contributed by atoms with Gasteiger partial charge in [0.1, 0.15) is 5.76 Å². The first-order chi connectivity index (χ1) is 16.9. The quantitative estimate of drug-likeness (QED) is 0.479. The molecule has 2 aromatic carbocycles. The number of carbonyl (C=O) groups is 1. The third-order valence-corrected chi connectivity index (χ3v) is 9.27. The molecule has 1 aromatic heterocycles. The van der Waals surface area contributed by atoms with Crippen molar-refractivity contribution in [2.45, 2.75) is 23.1 Å². The molecule has 35 heavy (non-hydrogen) atoms. The average Bonchev–Trinajstić information content (AvgIpc) is 3.43. The number of carboxylic acids is 1. The molecule has 0 aliphatic heterocycles. The molecular formula is C27H23NO5S2. The Hall–Kier alpha value is -3.49. The van der Waals surface area contributed by atoms with Gasteiger partial charge in [-0.3, -0.25) is 0 Å². The monoisotopic (exact) mass is 505 g/mol. The summed E-state index contributed by atoms with van der Waals surface area (Å²) in [5, 5.41) is 9.49. The van der Waals surface area contributed by atoms with E-state index >= 15 is 0 Å². The van der Waals surface area contributed by atoms with Gasteiger partial charge in [-0.15, -0.1) is 11.3 Å². The molecule has 2 aliphatic carbocycles. The second-order valence-corrected chi connectivity index (χ2v) is 11.7. The maximum absolute atomic E-state index is 13.3. The van der Waals surface area contributed by atoms with E-state index in [4.69, 9.17) is 9.84 Å². The van der Waals surface area contributed by atoms with Gasteiger partial charge >= 0.3 is 5.97 Å². The first-order valence-electron chi connectivity index (χ1n) is 11.2. The summed E-state index contributed by atoms with van der Waals surface area (Å²) in [7, 11) is -3.57. The van der Waals surface area contributed by atoms with Gasteiger partial charge in [0.05, 0.1) is 15.6 Å². The molecule has 1 N–H and O–H groups in total. The fourth-order valence-corrected chi connectivity index (χ4v) is 7.14. The topological polar surface area (TPSA) is 93.6 Å². The molecule has 178 valence electrons. The minimum absolute atomic E-state index is 0.00103. The van der Waals surface area contributed by atoms with E-state index in [1.807, 2.05) is 66.7 Å². The number of thiazole rings is 1. The summed E-state index contributed by atoms with van der Waals surface area (Å²) in [6.07, 6.45) is 6.43. The van der Waals surface area contributed by atoms with Crippen molar-refractivity contribution >= 4 is 38.8 Å². The Morgan fingerprint density at radius 3 is 2.31 bits per heavy atom. The van der Waals surface area contributed by atoms with E-state index in [0.29, 0.717) is 23.9 Å². The number of carboxylic acid groups (broad SMARTS) is 1. The average molecular weight is 506 g/mol. The van der Waals surface area contributed by atoms with Gasteiger partial charge in [-0.05, 0) is 53.3 Å². The van der Waals surface area contributed by atoms with Crippen LogP contribution >= 0.6 is 11.3 Å². The number of fused-ring (bicyclic) bond motifs is 2. The Bertz CT molecular complexity index is 1510. The number of sulfone groups is 1. The molecule has 5 rings (SSSR count). The van der Waals surface area contributed by atoms with Gasteiger partial charge in [0.2, 0.25) is 14.2 Å². The van der Waals surface area contributed by atoms with E-state index in [1.165, 1.54) is 11.3 Å². The van der Waals surface area contributed by atoms with Gasteiger partial charge in [0.15, 0.2) is 6.61 Å². The molecule has 0 bridgehead atoms. The molecule has 2 aliphatic rings. The number of hydrogen-bond donors (Lipinski definition) is 1. The molecule has 0 unspecified atom stereocenters. The number of nitrogens with zero attached hydrogens (tertiary/aromatic N) is 1. The van der Waals surface area contributed by atoms with Crippen molar-refractivity contribution in [1.29, 1.82) is 0 Å². The molecular weight excluding hydrogens is 482 g/mol. The van der Waals surface area contributed by atoms with E-state index in [1.54, 1.807) is 12.2 Å². The summed E-state index contributed by atoms with van der Waals surface area (Å²) < 4.78 is 32.8. The summed E-state index contributed by atoms with van der Waals surface area (Å²) in [6, 6.07) is 19.9. The van der Waals surface area contributed by atoms with Crippen LogP contribution in [0.3, 0.4) is 0 Å². The lowest BCUT2D eigenvalue weighted by Gasteiger charge is -2.18. The van der Waals surface area contributed by atoms with Crippen LogP contribution in [0.15, 0.2) is 88.5 Å². The largest absolute Gasteiger partial charge is 0.482 e. The fourth-order valence-electron chi connectivity index (χ4n) is 4.38. The summed E-state index contributed by atoms with van der Waals surface area (Å²) in [5.41, 5.74) is 4.00. The summed E-state index contributed by atoms with van der Waals surface area (Å²) in [6.45, 7) is -0.402. The van der Waals surface area contributed by atoms with Crippen LogP contribution in [0.2, 0.25) is 0 Å². The highest BCUT2D eigenvalue weighted by molar-refractivity contribution is 7.93. The van der Waals surface area contributed by atoms with E-state index in [9.17, 15) is 13.2 Å². The molecule has 6 nitrogen and oxygen atoms in total. The van der Waals surface area contributed by atoms with E-state index in [-0.39, 0.29) is 16.0 Å². The standard InChI is InChI=1S/C27H23NO5S2/c29-25(30)17-33-21-11-12-23-20(15-21)16-24-26(23)28-27(34-24)35(31,32)14-13-22(18-7-3-1-4-8-18)19-9-5-2-6-10-19/h1-11,15-16,22H,12-14,17H2,(H,29,30). The molecule has 1 heterocycles. The third-order valence-electron chi connectivity index (χ3n) is 6.07. The van der Waals surface area contributed by atoms with E-state index < -0.39 is 22.4 Å². The third kappa shape index (κ3) is 4.99. The fraction of sp³-hybridized carbons (Fsp3) is 0.185. The first kappa shape index (κ1) is 23.3. The van der Waals surface area contributed by atoms with Crippen LogP contribution in [0.25, 0.3) is 11.6 Å². The molecule has 0 radical (unpaired) electrons. The van der Waals surface area contributed by atoms with Crippen LogP contribution in [0.5, 0.6) is 0 Å². The molecule has 0 atom stereocenters. The molecule has 0 saturated heterocycles. The molecule has 0 spiro atoms. The Labute approximate surface area is 207 Å². The SMILES string of the molecule is O=C(O)COC1=CCC2=c3nc(S(=O)(=O)CCC(c4ccccc4)c4ccccc4)sc3=CC2=C1. The molecule has 0 saturated carbocycles. The second-order valence-electron chi connectivity index (χ2n) is 8.39. The lowest BCUT2D eigenvalue weighted by Crippen LogP contribution is -2.20. The van der Waals surface area contributed by atoms with Gasteiger partial charge in [-0.25, -0.2) is 18.2 Å². The normalized spacial score (nSPS) is 14.6. The van der Waals surface area contributed by atoms with Gasteiger partial charge in [0, 0.05) is 5.92 Å². The van der Waals surface area contributed by atoms with Gasteiger partial charge < -0.3 is 9.84 Å². The lowest BCUT2D eigenvalue weighted by molar-refractivity contribution is -0.140. The summed E-state index contributed by atoms with van der Waals surface area (Å²) >= 11 is 1.18. The second kappa shape index (κ2) is 9.64. The van der Waals surface area contributed by atoms with Crippen molar-refractivity contribution in [3.8, 4) is 0 Å². The van der Waals surface area contributed by atoms with Crippen LogP contribution in [0.4, 0.5) is 0 Å². The minimum atomic E-state index is -3.57. The number of hydrogen-bond acceptors (Lipinski definition) is 6. The predicted molar refractivity (Wildman–Crippen MR) is 135 cm³/mol. The van der Waals surface area contributed by atoms with Crippen LogP contribution in [0.1, 0.15) is 29.9 Å². The van der Waals surface area contributed by atoms with Crippen LogP contribution in [0, 0.1) is 0 Å². The predicted octanol–water partition coefficient (Wildman–Crippen LogP) is 3.40. The smallest absolute Gasteiger partial charge is 0.341 e. The Kier molecular flexibility index (Phi) is 6.40. The first-order valence-corrected chi connectivity index (χ1v) is 13.7. The van der Waals surface area contributed by atoms with Gasteiger partial charge in [-0.1, -0.05) is 60.7 Å². The van der Waals surface area contributed by atoms with Gasteiger partial charge in [0.25, 0.3) is 0 Å². The van der Waals surface area contributed by atoms with Crippen molar-refractivity contribution in [1.82, 2.24) is 4.98 Å². The highest BCUT2D eigenvalue weighted by Gasteiger charge is 2.26. The molecule has 0 fully saturated rings. The number of allylic oxidation sites excluding steroid dienone is 3. The Morgan fingerprint density at radius 2 is 1.69 bits per heavy atom. The van der Waals surface area contributed by atoms with Crippen molar-refractivity contribution in [3.63, 3.8) is 0 Å². The Morgan fingerprint density at radius 1 is 1.03 bits per heavy atom. The highest BCUT2D eigenvalue weighted by atomic mass is 32.2. The van der Waals surface area contributed by atoms with Gasteiger partial charge in [-0.2, -0.15) is 0 Å². The maximum Gasteiger partial charge on any atom is 0.341 e. The van der Waals surface area contributed by atoms with Crippen molar-refractivity contribution in [2.75, 3.05) is 12.4 Å². The van der Waals surface area contributed by atoms with E-state index in [2.05, 4.69) is 4.98 Å². The molecule has 3 aromatic rings. The zero-order valence-electron chi connectivity index (χ0n) is 18.8.